The van der Waals surface area contributed by atoms with Gasteiger partial charge in [-0.05, 0) is 25.3 Å². The molecule has 0 saturated carbocycles. The Morgan fingerprint density at radius 1 is 1.67 bits per heavy atom. The highest BCUT2D eigenvalue weighted by Gasteiger charge is 2.13. The summed E-state index contributed by atoms with van der Waals surface area (Å²) in [6, 6.07) is 2.10. The van der Waals surface area contributed by atoms with Crippen molar-refractivity contribution in [2.24, 2.45) is 0 Å². The minimum atomic E-state index is 0.116. The lowest BCUT2D eigenvalue weighted by Crippen LogP contribution is -2.22. The van der Waals surface area contributed by atoms with Crippen LogP contribution in [-0.2, 0) is 24.3 Å². The fourth-order valence-corrected chi connectivity index (χ4v) is 1.91. The number of aromatic nitrogens is 2. The summed E-state index contributed by atoms with van der Waals surface area (Å²) in [5.41, 5.74) is 2.28. The molecule has 2 rings (SSSR count). The molecule has 0 bridgehead atoms. The molecular formula is C11H17N3O. The molecule has 0 saturated heterocycles. The third-order valence-electron chi connectivity index (χ3n) is 2.66. The Bertz CT molecular complexity index is 335. The predicted octanol–water partition coefficient (Wildman–Crippen LogP) is 1.25. The second-order valence-corrected chi connectivity index (χ2v) is 3.98. The second kappa shape index (κ2) is 4.47. The second-order valence-electron chi connectivity index (χ2n) is 3.98. The Morgan fingerprint density at radius 3 is 3.27 bits per heavy atom. The molecular weight excluding hydrogens is 190 g/mol. The van der Waals surface area contributed by atoms with Crippen molar-refractivity contribution in [2.45, 2.75) is 45.7 Å². The molecule has 1 amide bonds. The van der Waals surface area contributed by atoms with Gasteiger partial charge in [0, 0.05) is 18.7 Å². The number of aryl methyl sites for hydroxylation is 2. The van der Waals surface area contributed by atoms with E-state index >= 15 is 0 Å². The molecule has 0 unspecified atom stereocenters. The van der Waals surface area contributed by atoms with E-state index in [2.05, 4.69) is 16.5 Å². The maximum atomic E-state index is 11.2. The van der Waals surface area contributed by atoms with E-state index in [0.29, 0.717) is 13.0 Å². The predicted molar refractivity (Wildman–Crippen MR) is 57.3 cm³/mol. The van der Waals surface area contributed by atoms with E-state index in [9.17, 15) is 4.79 Å². The first-order chi connectivity index (χ1) is 7.29. The van der Waals surface area contributed by atoms with Gasteiger partial charge < -0.3 is 5.32 Å². The van der Waals surface area contributed by atoms with Crippen LogP contribution in [-0.4, -0.2) is 15.7 Å². The van der Waals surface area contributed by atoms with Crippen LogP contribution in [0.1, 0.15) is 37.6 Å². The maximum absolute atomic E-state index is 11.2. The smallest absolute Gasteiger partial charge is 0.220 e. The molecule has 1 aromatic rings. The van der Waals surface area contributed by atoms with Crippen LogP contribution in [0, 0.1) is 0 Å². The Morgan fingerprint density at radius 2 is 2.53 bits per heavy atom. The fourth-order valence-electron chi connectivity index (χ4n) is 1.91. The Kier molecular flexibility index (Phi) is 3.04. The maximum Gasteiger partial charge on any atom is 0.220 e. The van der Waals surface area contributed by atoms with Crippen LogP contribution in [0.4, 0.5) is 0 Å². The van der Waals surface area contributed by atoms with Gasteiger partial charge in [0.1, 0.15) is 0 Å². The summed E-state index contributed by atoms with van der Waals surface area (Å²) in [7, 11) is 0. The lowest BCUT2D eigenvalue weighted by Gasteiger charge is -2.01. The summed E-state index contributed by atoms with van der Waals surface area (Å²) < 4.78 is 2.04. The fraction of sp³-hybridized carbons (Fsp3) is 0.636. The quantitative estimate of drug-likeness (QED) is 0.807. The van der Waals surface area contributed by atoms with E-state index in [1.165, 1.54) is 12.1 Å². The Balaban J connectivity index is 1.86. The largest absolute Gasteiger partial charge is 0.350 e. The van der Waals surface area contributed by atoms with E-state index in [1.54, 1.807) is 0 Å². The van der Waals surface area contributed by atoms with Gasteiger partial charge in [-0.3, -0.25) is 9.48 Å². The molecule has 0 aromatic carbocycles. The molecule has 1 aliphatic rings. The first-order valence-electron chi connectivity index (χ1n) is 5.62. The van der Waals surface area contributed by atoms with Crippen LogP contribution in [0.5, 0.6) is 0 Å². The van der Waals surface area contributed by atoms with Crippen molar-refractivity contribution in [1.29, 1.82) is 0 Å². The summed E-state index contributed by atoms with van der Waals surface area (Å²) in [5, 5.41) is 7.30. The number of hydrogen-bond acceptors (Lipinski definition) is 2. The highest BCUT2D eigenvalue weighted by molar-refractivity contribution is 5.75. The molecule has 4 nitrogen and oxygen atoms in total. The first kappa shape index (κ1) is 10.2. The van der Waals surface area contributed by atoms with Crippen LogP contribution < -0.4 is 5.32 Å². The Labute approximate surface area is 89.7 Å². The van der Waals surface area contributed by atoms with Crippen molar-refractivity contribution in [1.82, 2.24) is 15.1 Å². The van der Waals surface area contributed by atoms with Crippen LogP contribution in [0.25, 0.3) is 0 Å². The van der Waals surface area contributed by atoms with E-state index in [-0.39, 0.29) is 5.91 Å². The summed E-state index contributed by atoms with van der Waals surface area (Å²) in [6.07, 6.45) is 3.82. The van der Waals surface area contributed by atoms with Crippen LogP contribution in [0.2, 0.25) is 0 Å². The summed E-state index contributed by atoms with van der Waals surface area (Å²) in [6.45, 7) is 3.60. The standard InChI is InChI=1S/C11H17N3O/c1-2-4-11(15)12-8-9-7-10-5-3-6-14(10)13-9/h7H,2-6,8H2,1H3,(H,12,15). The molecule has 2 heterocycles. The number of carbonyl (C=O) groups excluding carboxylic acids is 1. The van der Waals surface area contributed by atoms with Crippen LogP contribution in [0.3, 0.4) is 0 Å². The van der Waals surface area contributed by atoms with Gasteiger partial charge >= 0.3 is 0 Å². The molecule has 4 heteroatoms. The average Bonchev–Trinajstić information content (AvgIpc) is 2.74. The Hall–Kier alpha value is -1.32. The topological polar surface area (TPSA) is 46.9 Å². The highest BCUT2D eigenvalue weighted by Crippen LogP contribution is 2.14. The zero-order chi connectivity index (χ0) is 10.7. The lowest BCUT2D eigenvalue weighted by molar-refractivity contribution is -0.121. The van der Waals surface area contributed by atoms with E-state index in [0.717, 1.165) is 25.1 Å². The highest BCUT2D eigenvalue weighted by atomic mass is 16.1. The van der Waals surface area contributed by atoms with Crippen molar-refractivity contribution in [2.75, 3.05) is 0 Å². The van der Waals surface area contributed by atoms with Gasteiger partial charge in [-0.1, -0.05) is 6.92 Å². The van der Waals surface area contributed by atoms with E-state index < -0.39 is 0 Å². The number of amides is 1. The number of fused-ring (bicyclic) bond motifs is 1. The van der Waals surface area contributed by atoms with Crippen molar-refractivity contribution in [3.63, 3.8) is 0 Å². The number of hydrogen-bond donors (Lipinski definition) is 1. The summed E-state index contributed by atoms with van der Waals surface area (Å²) >= 11 is 0. The molecule has 1 aliphatic heterocycles. The normalized spacial score (nSPS) is 13.9. The molecule has 0 fully saturated rings. The molecule has 0 radical (unpaired) electrons. The van der Waals surface area contributed by atoms with E-state index in [4.69, 9.17) is 0 Å². The lowest BCUT2D eigenvalue weighted by atomic mass is 10.2. The van der Waals surface area contributed by atoms with Gasteiger partial charge in [0.05, 0.1) is 12.2 Å². The third-order valence-corrected chi connectivity index (χ3v) is 2.66. The number of rotatable bonds is 4. The van der Waals surface area contributed by atoms with Crippen LogP contribution in [0.15, 0.2) is 6.07 Å². The van der Waals surface area contributed by atoms with E-state index in [1.807, 2.05) is 11.6 Å². The van der Waals surface area contributed by atoms with Gasteiger partial charge in [-0.15, -0.1) is 0 Å². The van der Waals surface area contributed by atoms with Gasteiger partial charge in [0.25, 0.3) is 0 Å². The minimum Gasteiger partial charge on any atom is -0.350 e. The molecule has 0 aliphatic carbocycles. The molecule has 82 valence electrons. The van der Waals surface area contributed by atoms with Crippen LogP contribution >= 0.6 is 0 Å². The number of carbonyl (C=O) groups is 1. The first-order valence-corrected chi connectivity index (χ1v) is 5.62. The number of nitrogens with zero attached hydrogens (tertiary/aromatic N) is 2. The minimum absolute atomic E-state index is 0.116. The van der Waals surface area contributed by atoms with Crippen molar-refractivity contribution >= 4 is 5.91 Å². The molecule has 1 N–H and O–H groups in total. The van der Waals surface area contributed by atoms with Gasteiger partial charge in [0.15, 0.2) is 0 Å². The number of nitrogens with one attached hydrogen (secondary N) is 1. The molecule has 0 spiro atoms. The average molecular weight is 207 g/mol. The van der Waals surface area contributed by atoms with Crippen molar-refractivity contribution < 1.29 is 4.79 Å². The SMILES string of the molecule is CCCC(=O)NCc1cc2n(n1)CCC2. The van der Waals surface area contributed by atoms with Crippen molar-refractivity contribution in [3.8, 4) is 0 Å². The van der Waals surface area contributed by atoms with Crippen molar-refractivity contribution in [3.05, 3.63) is 17.5 Å². The van der Waals surface area contributed by atoms with Gasteiger partial charge in [-0.25, -0.2) is 0 Å². The third kappa shape index (κ3) is 2.37. The molecule has 1 aromatic heterocycles. The zero-order valence-corrected chi connectivity index (χ0v) is 9.12. The summed E-state index contributed by atoms with van der Waals surface area (Å²) in [5.74, 6) is 0.116. The summed E-state index contributed by atoms with van der Waals surface area (Å²) in [4.78, 5) is 11.2. The monoisotopic (exact) mass is 207 g/mol. The molecule has 15 heavy (non-hydrogen) atoms. The van der Waals surface area contributed by atoms with Gasteiger partial charge in [-0.2, -0.15) is 5.10 Å². The zero-order valence-electron chi connectivity index (χ0n) is 9.12. The molecule has 0 atom stereocenters. The van der Waals surface area contributed by atoms with Gasteiger partial charge in [0.2, 0.25) is 5.91 Å².